The average Bonchev–Trinajstić information content (AvgIpc) is 2.33. The van der Waals surface area contributed by atoms with Crippen LogP contribution in [0.2, 0.25) is 5.15 Å². The fourth-order valence-electron chi connectivity index (χ4n) is 2.71. The maximum atomic E-state index is 12.4. The SMILES string of the molecule is CC1(C)CCCCC1C(=O)Nc1cc(Br)cnc1Cl. The zero-order valence-electron chi connectivity index (χ0n) is 11.2. The van der Waals surface area contributed by atoms with Crippen LogP contribution in [0.15, 0.2) is 16.7 Å². The number of carbonyl (C=O) groups excluding carboxylic acids is 1. The first kappa shape index (κ1) is 14.8. The Morgan fingerprint density at radius 2 is 2.26 bits per heavy atom. The molecule has 1 aromatic rings. The molecule has 0 saturated heterocycles. The lowest BCUT2D eigenvalue weighted by Crippen LogP contribution is -2.37. The van der Waals surface area contributed by atoms with E-state index in [4.69, 9.17) is 11.6 Å². The number of aromatic nitrogens is 1. The normalized spacial score (nSPS) is 22.0. The van der Waals surface area contributed by atoms with Crippen molar-refractivity contribution in [1.29, 1.82) is 0 Å². The maximum absolute atomic E-state index is 12.4. The Morgan fingerprint density at radius 3 is 2.95 bits per heavy atom. The summed E-state index contributed by atoms with van der Waals surface area (Å²) >= 11 is 9.34. The predicted molar refractivity (Wildman–Crippen MR) is 81.3 cm³/mol. The fourth-order valence-corrected chi connectivity index (χ4v) is 3.19. The van der Waals surface area contributed by atoms with Gasteiger partial charge in [0.1, 0.15) is 0 Å². The number of pyridine rings is 1. The molecule has 5 heteroatoms. The van der Waals surface area contributed by atoms with Crippen LogP contribution in [0.25, 0.3) is 0 Å². The number of anilines is 1. The van der Waals surface area contributed by atoms with Gasteiger partial charge in [-0.15, -0.1) is 0 Å². The molecule has 0 spiro atoms. The standard InChI is InChI=1S/C14H18BrClN2O/c1-14(2)6-4-3-5-10(14)13(19)18-11-7-9(15)8-17-12(11)16/h7-8,10H,3-6H2,1-2H3,(H,18,19). The van der Waals surface area contributed by atoms with Gasteiger partial charge < -0.3 is 5.32 Å². The Bertz CT molecular complexity index is 490. The summed E-state index contributed by atoms with van der Waals surface area (Å²) in [5, 5.41) is 3.24. The second kappa shape index (κ2) is 5.80. The summed E-state index contributed by atoms with van der Waals surface area (Å²) < 4.78 is 0.801. The number of carbonyl (C=O) groups is 1. The number of rotatable bonds is 2. The van der Waals surface area contributed by atoms with Crippen molar-refractivity contribution in [1.82, 2.24) is 4.98 Å². The Labute approximate surface area is 127 Å². The Morgan fingerprint density at radius 1 is 1.53 bits per heavy atom. The molecule has 19 heavy (non-hydrogen) atoms. The van der Waals surface area contributed by atoms with Crippen molar-refractivity contribution in [2.75, 3.05) is 5.32 Å². The molecule has 1 amide bonds. The minimum absolute atomic E-state index is 0.0382. The van der Waals surface area contributed by atoms with Gasteiger partial charge in [-0.1, -0.05) is 38.3 Å². The third-order valence-electron chi connectivity index (χ3n) is 3.89. The van der Waals surface area contributed by atoms with E-state index in [2.05, 4.69) is 40.1 Å². The van der Waals surface area contributed by atoms with Crippen LogP contribution in [0.1, 0.15) is 39.5 Å². The minimum Gasteiger partial charge on any atom is -0.323 e. The molecule has 0 bridgehead atoms. The molecule has 1 N–H and O–H groups in total. The molecule has 0 aromatic carbocycles. The van der Waals surface area contributed by atoms with Gasteiger partial charge in [0.2, 0.25) is 5.91 Å². The highest BCUT2D eigenvalue weighted by Gasteiger charge is 2.37. The summed E-state index contributed by atoms with van der Waals surface area (Å²) in [6, 6.07) is 1.78. The van der Waals surface area contributed by atoms with Gasteiger partial charge in [-0.05, 0) is 40.3 Å². The third kappa shape index (κ3) is 3.48. The molecule has 0 radical (unpaired) electrons. The second-order valence-electron chi connectivity index (χ2n) is 5.77. The summed E-state index contributed by atoms with van der Waals surface area (Å²) in [6.45, 7) is 4.33. The third-order valence-corrected chi connectivity index (χ3v) is 4.62. The van der Waals surface area contributed by atoms with Crippen molar-refractivity contribution >= 4 is 39.1 Å². The molecule has 1 saturated carbocycles. The number of halogens is 2. The largest absolute Gasteiger partial charge is 0.323 e. The lowest BCUT2D eigenvalue weighted by Gasteiger charge is -2.37. The quantitative estimate of drug-likeness (QED) is 0.793. The maximum Gasteiger partial charge on any atom is 0.228 e. The summed E-state index contributed by atoms with van der Waals surface area (Å²) in [4.78, 5) is 16.5. The molecule has 2 rings (SSSR count). The van der Waals surface area contributed by atoms with Crippen LogP contribution in [0.5, 0.6) is 0 Å². The molecule has 104 valence electrons. The summed E-state index contributed by atoms with van der Waals surface area (Å²) in [5.74, 6) is 0.0859. The lowest BCUT2D eigenvalue weighted by atomic mass is 9.68. The first-order chi connectivity index (χ1) is 8.90. The number of amides is 1. The van der Waals surface area contributed by atoms with Gasteiger partial charge in [-0.3, -0.25) is 4.79 Å². The van der Waals surface area contributed by atoms with E-state index in [0.29, 0.717) is 10.8 Å². The number of nitrogens with one attached hydrogen (secondary N) is 1. The van der Waals surface area contributed by atoms with Crippen LogP contribution in [-0.4, -0.2) is 10.9 Å². The predicted octanol–water partition coefficient (Wildman–Crippen LogP) is 4.65. The minimum atomic E-state index is 0.0382. The van der Waals surface area contributed by atoms with Gasteiger partial charge in [-0.25, -0.2) is 4.98 Å². The van der Waals surface area contributed by atoms with Crippen molar-refractivity contribution in [3.63, 3.8) is 0 Å². The van der Waals surface area contributed by atoms with Crippen molar-refractivity contribution in [3.8, 4) is 0 Å². The zero-order chi connectivity index (χ0) is 14.0. The van der Waals surface area contributed by atoms with Crippen molar-refractivity contribution in [2.24, 2.45) is 11.3 Å². The first-order valence-electron chi connectivity index (χ1n) is 6.52. The fraction of sp³-hybridized carbons (Fsp3) is 0.571. The molecule has 0 aliphatic heterocycles. The molecule has 1 unspecified atom stereocenters. The molecule has 3 nitrogen and oxygen atoms in total. The van der Waals surface area contributed by atoms with E-state index in [0.717, 1.165) is 23.7 Å². The highest BCUT2D eigenvalue weighted by molar-refractivity contribution is 9.10. The van der Waals surface area contributed by atoms with Crippen LogP contribution in [-0.2, 0) is 4.79 Å². The molecule has 1 heterocycles. The van der Waals surface area contributed by atoms with Crippen LogP contribution in [0, 0.1) is 11.3 Å². The number of nitrogens with zero attached hydrogens (tertiary/aromatic N) is 1. The second-order valence-corrected chi connectivity index (χ2v) is 7.04. The molecule has 1 aliphatic rings. The van der Waals surface area contributed by atoms with E-state index < -0.39 is 0 Å². The first-order valence-corrected chi connectivity index (χ1v) is 7.69. The average molecular weight is 346 g/mol. The topological polar surface area (TPSA) is 42.0 Å². The summed E-state index contributed by atoms with van der Waals surface area (Å²) in [6.07, 6.45) is 5.97. The van der Waals surface area contributed by atoms with Crippen LogP contribution >= 0.6 is 27.5 Å². The molecule has 1 aliphatic carbocycles. The van der Waals surface area contributed by atoms with Crippen LogP contribution in [0.3, 0.4) is 0 Å². The van der Waals surface area contributed by atoms with Gasteiger partial charge in [0.05, 0.1) is 5.69 Å². The van der Waals surface area contributed by atoms with Gasteiger partial charge >= 0.3 is 0 Å². The van der Waals surface area contributed by atoms with Crippen LogP contribution in [0.4, 0.5) is 5.69 Å². The van der Waals surface area contributed by atoms with E-state index in [-0.39, 0.29) is 17.2 Å². The van der Waals surface area contributed by atoms with Gasteiger partial charge in [0.15, 0.2) is 5.15 Å². The Hall–Kier alpha value is -0.610. The highest BCUT2D eigenvalue weighted by Crippen LogP contribution is 2.41. The van der Waals surface area contributed by atoms with Gasteiger partial charge in [-0.2, -0.15) is 0 Å². The lowest BCUT2D eigenvalue weighted by molar-refractivity contribution is -0.124. The monoisotopic (exact) mass is 344 g/mol. The molecule has 1 atom stereocenters. The van der Waals surface area contributed by atoms with Gasteiger partial charge in [0.25, 0.3) is 0 Å². The van der Waals surface area contributed by atoms with E-state index in [1.54, 1.807) is 12.3 Å². The summed E-state index contributed by atoms with van der Waals surface area (Å²) in [5.41, 5.74) is 0.622. The molecular weight excluding hydrogens is 328 g/mol. The molecular formula is C14H18BrClN2O. The highest BCUT2D eigenvalue weighted by atomic mass is 79.9. The van der Waals surface area contributed by atoms with Crippen LogP contribution < -0.4 is 5.32 Å². The van der Waals surface area contributed by atoms with E-state index in [1.807, 2.05) is 0 Å². The molecule has 1 fully saturated rings. The number of hydrogen-bond donors (Lipinski definition) is 1. The Kier molecular flexibility index (Phi) is 4.51. The van der Waals surface area contributed by atoms with E-state index in [1.165, 1.54) is 6.42 Å². The summed E-state index contributed by atoms with van der Waals surface area (Å²) in [7, 11) is 0. The smallest absolute Gasteiger partial charge is 0.228 e. The number of hydrogen-bond acceptors (Lipinski definition) is 2. The van der Waals surface area contributed by atoms with Crippen molar-refractivity contribution < 1.29 is 4.79 Å². The van der Waals surface area contributed by atoms with E-state index >= 15 is 0 Å². The zero-order valence-corrected chi connectivity index (χ0v) is 13.5. The molecule has 1 aromatic heterocycles. The van der Waals surface area contributed by atoms with Crippen molar-refractivity contribution in [3.05, 3.63) is 21.9 Å². The van der Waals surface area contributed by atoms with E-state index in [9.17, 15) is 4.79 Å². The van der Waals surface area contributed by atoms with Crippen molar-refractivity contribution in [2.45, 2.75) is 39.5 Å². The van der Waals surface area contributed by atoms with Gasteiger partial charge in [0, 0.05) is 16.6 Å². The Balaban J connectivity index is 2.14.